The Balaban J connectivity index is 2.09. The Kier molecular flexibility index (Phi) is 50.9. The highest BCUT2D eigenvalue weighted by atomic mass is 32.2. The molecule has 2 aromatic carbocycles. The summed E-state index contributed by atoms with van der Waals surface area (Å²) >= 11 is 3.01. The van der Waals surface area contributed by atoms with Crippen molar-refractivity contribution in [1.82, 2.24) is 101 Å². The number of rotatable bonds is 31. The second-order valence-electron chi connectivity index (χ2n) is 31.8. The lowest BCUT2D eigenvalue weighted by molar-refractivity contribution is -0.398. The van der Waals surface area contributed by atoms with Gasteiger partial charge in [-0.2, -0.15) is 35.3 Å². The Morgan fingerprint density at radius 3 is 1.41 bits per heavy atom. The van der Waals surface area contributed by atoms with E-state index >= 15 is 9.59 Å². The van der Waals surface area contributed by atoms with Gasteiger partial charge >= 0.3 is 11.9 Å². The molecule has 133 heavy (non-hydrogen) atoms. The lowest BCUT2D eigenvalue weighted by atomic mass is 10.0. The number of carboxylic acid groups (broad SMARTS) is 2. The molecule has 0 saturated carbocycles. The molecule has 742 valence electrons. The van der Waals surface area contributed by atoms with Crippen LogP contribution < -0.4 is 147 Å². The number of fused-ring (bicyclic) bond motifs is 5. The third-order valence-electron chi connectivity index (χ3n) is 20.0. The predicted octanol–water partition coefficient (Wildman–Crippen LogP) is -13.4. The van der Waals surface area contributed by atoms with Crippen LogP contribution in [0.15, 0.2) is 42.5 Å². The topological polar surface area (TPSA) is 864 Å². The Labute approximate surface area is 779 Å². The molecule has 15 atom stereocenters. The molecule has 2 aromatic rings. The number of carboxylic acids is 2. The number of hydrogen-bond donors (Lipinski definition) is 32. The number of carbonyl (C=O) groups excluding carboxylic acids is 17. The summed E-state index contributed by atoms with van der Waals surface area (Å²) in [6, 6.07) is -14.9. The summed E-state index contributed by atoms with van der Waals surface area (Å²) in [5, 5.41) is 99.4. The number of quaternary nitrogens is 1. The van der Waals surface area contributed by atoms with Gasteiger partial charge in [0.1, 0.15) is 109 Å². The Morgan fingerprint density at radius 2 is 0.910 bits per heavy atom. The van der Waals surface area contributed by atoms with E-state index in [-0.39, 0.29) is 105 Å². The lowest BCUT2D eigenvalue weighted by Gasteiger charge is -2.29. The highest BCUT2D eigenvalue weighted by Crippen LogP contribution is 2.25. The lowest BCUT2D eigenvalue weighted by Crippen LogP contribution is -2.68. The van der Waals surface area contributed by atoms with Gasteiger partial charge in [-0.25, -0.2) is 0 Å². The minimum absolute atomic E-state index is 0.00415. The molecule has 0 aromatic heterocycles. The van der Waals surface area contributed by atoms with Gasteiger partial charge in [-0.15, -0.1) is 0 Å². The standard InChI is InChI=1S/C79H129N27O24S3/c1-6-45-66(120)101-52(29-107)72(126)93-39(5)63(117)104-54(65(119)91-27-57(81)110)34-131-31-41-22-42-24-43(23-41)33-133-36-56(74(128)96-46(10-7-19-88-77(82)83)64(118)92-28-58(111)94-47(67(121)95-45)11-8-20-89-78(84)85)105-71(125)51(26-60(114)115)100-76(130)61(37(2)3)106-69(123)49(17-18-59(112)113)98-70(124)50(25-40-13-15-44(109)16-14-40)99-68(122)48(12-9-21-90-79(86)87)97-73(127)53(30-108)102-75(129)55(35-132-32-42)103-62(116)38(4)80/h13-16,22-24,37-39,45-56,61,77-79,88-90,107-109H,6-12,17-21,25-36,80,82-87H2,1-5H3,(H2,81,110)(H,91,119)(H,92,118)(H,93,126)(H,94,111)(H,95,121)(H,96,128)(H,97,127)(H,98,124)(H,99,122)(H,100,130)(H,101,120)(H,102,129)(H,103,116)(H,104,117)(H,105,125)(H,106,123)(H,112,113)(H,114,115)/p+1/t38-,39-,45+,46-,47-,48-,49-,50-,51-,52-,53-,54-,55-,56-,61-/m0/s1. The Bertz CT molecular complexity index is 4300. The summed E-state index contributed by atoms with van der Waals surface area (Å²) in [6.07, 6.45) is -7.28. The number of primary amides is 1. The molecule has 2 aliphatic rings. The van der Waals surface area contributed by atoms with Crippen molar-refractivity contribution in [3.05, 3.63) is 64.7 Å². The number of aromatic hydroxyl groups is 1. The zero-order valence-electron chi connectivity index (χ0n) is 74.4. The summed E-state index contributed by atoms with van der Waals surface area (Å²) < 4.78 is 0. The summed E-state index contributed by atoms with van der Waals surface area (Å²) in [6.45, 7) is 3.13. The monoisotopic (exact) mass is 1940 g/mol. The number of aliphatic carboxylic acids is 2. The smallest absolute Gasteiger partial charge is 0.305 e. The number of benzene rings is 2. The molecule has 51 nitrogen and oxygen atoms in total. The zero-order valence-corrected chi connectivity index (χ0v) is 76.9. The fraction of sp³-hybridized carbons (Fsp3) is 0.608. The number of phenols is 1. The molecule has 2 heterocycles. The molecule has 41 N–H and O–H groups in total. The van der Waals surface area contributed by atoms with Crippen molar-refractivity contribution in [2.45, 2.75) is 232 Å². The van der Waals surface area contributed by atoms with E-state index in [4.69, 9.17) is 40.1 Å². The van der Waals surface area contributed by atoms with Gasteiger partial charge in [0, 0.05) is 47.4 Å². The van der Waals surface area contributed by atoms with E-state index in [1.165, 1.54) is 58.9 Å². The first-order chi connectivity index (χ1) is 62.8. The normalized spacial score (nSPS) is 24.2. The van der Waals surface area contributed by atoms with Crippen LogP contribution in [0.1, 0.15) is 121 Å². The number of carbonyl (C=O) groups is 19. The van der Waals surface area contributed by atoms with Gasteiger partial charge in [0.05, 0.1) is 32.7 Å². The summed E-state index contributed by atoms with van der Waals surface area (Å²) in [7, 11) is 0. The van der Waals surface area contributed by atoms with Crippen LogP contribution in [-0.4, -0.2) is 311 Å². The summed E-state index contributed by atoms with van der Waals surface area (Å²) in [4.78, 5) is 268. The van der Waals surface area contributed by atoms with E-state index < -0.39 is 286 Å². The van der Waals surface area contributed by atoms with Crippen molar-refractivity contribution in [2.75, 3.05) is 63.2 Å². The summed E-state index contributed by atoms with van der Waals surface area (Å²) in [5.74, 6) is -24.2. The van der Waals surface area contributed by atoms with E-state index in [1.54, 1.807) is 18.2 Å². The molecule has 54 heteroatoms. The zero-order chi connectivity index (χ0) is 99.3. The van der Waals surface area contributed by atoms with Crippen molar-refractivity contribution in [3.8, 4) is 5.75 Å². The van der Waals surface area contributed by atoms with E-state index in [9.17, 15) is 107 Å². The second-order valence-corrected chi connectivity index (χ2v) is 34.9. The minimum Gasteiger partial charge on any atom is -0.508 e. The SMILES string of the molecule is CC[C@H]1NC(=O)[C@H](CCCNC(N)N)NC(=O)CNC(=O)[C@H](CCCNC(N)N)NC(=O)[C@@H]2CSCc3cc(cc(c3)CSC[C@@H](C(=O)NCC(N)=O)NC(=O)[C@H](C)NC(=O)[C@H](CO)NC1=O)CSC[C@H](NC(=O)[C@H](C)[NH3+])C(=O)N[C@@H](CO)C(=O)N[C@@H](CCCNC(N)N)C(=O)N[C@@H](Cc1ccc(O)cc1)C(=O)N[C@@H](CCC(=O)O)C(=O)N[C@@H](C(C)C)C(=O)N[C@@H](CC(=O)O)C(=O)N2. The largest absolute Gasteiger partial charge is 0.508 e. The van der Waals surface area contributed by atoms with E-state index in [1.807, 2.05) is 0 Å². The number of aliphatic hydroxyl groups excluding tert-OH is 2. The van der Waals surface area contributed by atoms with Crippen LogP contribution >= 0.6 is 35.3 Å². The number of thioether (sulfide) groups is 3. The average molecular weight is 1940 g/mol. The average Bonchev–Trinajstić information content (AvgIpc) is 0.924. The molecular formula is C79H130N27O24S3+. The molecule has 0 spiro atoms. The van der Waals surface area contributed by atoms with Gasteiger partial charge in [-0.3, -0.25) is 107 Å². The van der Waals surface area contributed by atoms with Gasteiger partial charge in [-0.1, -0.05) is 51.1 Å². The van der Waals surface area contributed by atoms with Crippen LogP contribution in [0.5, 0.6) is 5.75 Å². The van der Waals surface area contributed by atoms with Crippen molar-refractivity contribution < 1.29 is 122 Å². The van der Waals surface area contributed by atoms with Gasteiger partial charge in [0.25, 0.3) is 5.91 Å². The molecule has 4 bridgehead atoms. The maximum atomic E-state index is 15.3. The van der Waals surface area contributed by atoms with Crippen molar-refractivity contribution >= 4 is 148 Å². The van der Waals surface area contributed by atoms with E-state index in [2.05, 4.69) is 107 Å². The van der Waals surface area contributed by atoms with Gasteiger partial charge in [0.15, 0.2) is 6.04 Å². The molecule has 0 unspecified atom stereocenters. The number of hydrogen-bond acceptors (Lipinski definition) is 34. The van der Waals surface area contributed by atoms with Crippen LogP contribution in [0.4, 0.5) is 0 Å². The third kappa shape index (κ3) is 43.1. The quantitative estimate of drug-likeness (QED) is 0.0246. The number of phenolic OH excluding ortho intramolecular Hbond substituents is 1. The molecule has 4 rings (SSSR count). The molecule has 17 amide bonds. The van der Waals surface area contributed by atoms with Crippen LogP contribution in [0, 0.1) is 5.92 Å². The van der Waals surface area contributed by atoms with Crippen LogP contribution in [0.2, 0.25) is 0 Å². The van der Waals surface area contributed by atoms with Crippen LogP contribution in [0.25, 0.3) is 0 Å². The molecular weight excluding hydrogens is 1810 g/mol. The molecule has 0 radical (unpaired) electrons. The highest BCUT2D eigenvalue weighted by molar-refractivity contribution is 7.99. The molecule has 2 aliphatic heterocycles. The van der Waals surface area contributed by atoms with Crippen molar-refractivity contribution in [2.24, 2.45) is 46.1 Å². The minimum atomic E-state index is -2.16. The molecule has 0 fully saturated rings. The summed E-state index contributed by atoms with van der Waals surface area (Å²) in [5.41, 5.74) is 45.1. The molecule has 0 saturated heterocycles. The maximum absolute atomic E-state index is 15.3. The first-order valence-corrected chi connectivity index (χ1v) is 46.2. The Hall–Kier alpha value is -11.3. The highest BCUT2D eigenvalue weighted by Gasteiger charge is 2.40. The van der Waals surface area contributed by atoms with Crippen LogP contribution in [0.3, 0.4) is 0 Å². The maximum Gasteiger partial charge on any atom is 0.305 e. The third-order valence-corrected chi connectivity index (χ3v) is 23.3. The predicted molar refractivity (Wildman–Crippen MR) is 484 cm³/mol. The number of aliphatic hydroxyl groups is 2. The van der Waals surface area contributed by atoms with Crippen molar-refractivity contribution in [3.63, 3.8) is 0 Å². The van der Waals surface area contributed by atoms with Gasteiger partial charge < -0.3 is 156 Å². The number of nitrogens with one attached hydrogen (secondary N) is 19. The first kappa shape index (κ1) is 114. The fourth-order valence-corrected chi connectivity index (χ4v) is 15.8. The van der Waals surface area contributed by atoms with Gasteiger partial charge in [0.2, 0.25) is 94.5 Å². The Morgan fingerprint density at radius 1 is 0.481 bits per heavy atom. The van der Waals surface area contributed by atoms with Gasteiger partial charge in [-0.05, 0) is 125 Å². The second kappa shape index (κ2) is 59.4. The number of nitrogens with two attached hydrogens (primary N) is 7. The molecule has 0 aliphatic carbocycles. The van der Waals surface area contributed by atoms with E-state index in [0.717, 1.165) is 35.3 Å². The van der Waals surface area contributed by atoms with Crippen LogP contribution in [-0.2, 0) is 115 Å². The van der Waals surface area contributed by atoms with E-state index in [0.29, 0.717) is 16.7 Å². The van der Waals surface area contributed by atoms with Crippen molar-refractivity contribution in [1.29, 1.82) is 0 Å². The number of amides is 17. The first-order valence-electron chi connectivity index (χ1n) is 42.7. The fourth-order valence-electron chi connectivity index (χ4n) is 12.8.